The Morgan fingerprint density at radius 1 is 1.26 bits per heavy atom. The van der Waals surface area contributed by atoms with Gasteiger partial charge in [0.15, 0.2) is 0 Å². The molecule has 2 aliphatic carbocycles. The Morgan fingerprint density at radius 2 is 2.11 bits per heavy atom. The standard InChI is InChI=1S/C15H20N4/c16-9-11-8-10-4-1-2-6-13(10)18-15(11)19-14-7-3-5-12(14)17/h8,12,14H,1-7,17H2,(H,18,19). The maximum Gasteiger partial charge on any atom is 0.144 e. The summed E-state index contributed by atoms with van der Waals surface area (Å²) in [5.41, 5.74) is 9.17. The maximum atomic E-state index is 9.30. The third-order valence-electron chi connectivity index (χ3n) is 4.31. The number of nitrogens with one attached hydrogen (secondary N) is 1. The molecule has 2 unspecified atom stereocenters. The number of anilines is 1. The van der Waals surface area contributed by atoms with Crippen molar-refractivity contribution in [1.29, 1.82) is 5.26 Å². The first-order chi connectivity index (χ1) is 9.28. The van der Waals surface area contributed by atoms with Crippen LogP contribution in [0.4, 0.5) is 5.82 Å². The molecule has 2 aliphatic rings. The summed E-state index contributed by atoms with van der Waals surface area (Å²) in [6.07, 6.45) is 7.79. The SMILES string of the molecule is N#Cc1cc2c(nc1NC1CCCC1N)CCCC2. The fourth-order valence-electron chi connectivity index (χ4n) is 3.17. The summed E-state index contributed by atoms with van der Waals surface area (Å²) < 4.78 is 0. The smallest absolute Gasteiger partial charge is 0.144 e. The van der Waals surface area contributed by atoms with E-state index in [1.54, 1.807) is 0 Å². The van der Waals surface area contributed by atoms with Crippen molar-refractivity contribution >= 4 is 5.82 Å². The number of aryl methyl sites for hydroxylation is 2. The van der Waals surface area contributed by atoms with Gasteiger partial charge in [0.05, 0.1) is 5.56 Å². The molecule has 1 saturated carbocycles. The van der Waals surface area contributed by atoms with E-state index in [1.807, 2.05) is 6.07 Å². The molecule has 0 bridgehead atoms. The van der Waals surface area contributed by atoms with Gasteiger partial charge in [-0.2, -0.15) is 5.26 Å². The number of hydrogen-bond acceptors (Lipinski definition) is 4. The molecule has 0 spiro atoms. The van der Waals surface area contributed by atoms with Crippen molar-refractivity contribution in [2.24, 2.45) is 5.73 Å². The zero-order valence-electron chi connectivity index (χ0n) is 11.2. The van der Waals surface area contributed by atoms with Crippen molar-refractivity contribution in [2.75, 3.05) is 5.32 Å². The highest BCUT2D eigenvalue weighted by atomic mass is 15.0. The van der Waals surface area contributed by atoms with Gasteiger partial charge in [-0.1, -0.05) is 0 Å². The number of nitrogens with two attached hydrogens (primary N) is 1. The molecule has 1 aromatic rings. The first-order valence-electron chi connectivity index (χ1n) is 7.23. The predicted octanol–water partition coefficient (Wildman–Crippen LogP) is 2.12. The average Bonchev–Trinajstić information content (AvgIpc) is 2.83. The van der Waals surface area contributed by atoms with Gasteiger partial charge in [-0.3, -0.25) is 0 Å². The van der Waals surface area contributed by atoms with Crippen LogP contribution < -0.4 is 11.1 Å². The van der Waals surface area contributed by atoms with E-state index in [1.165, 1.54) is 24.1 Å². The average molecular weight is 256 g/mol. The minimum Gasteiger partial charge on any atom is -0.365 e. The van der Waals surface area contributed by atoms with Gasteiger partial charge in [-0.05, 0) is 56.6 Å². The van der Waals surface area contributed by atoms with Crippen LogP contribution in [-0.4, -0.2) is 17.1 Å². The van der Waals surface area contributed by atoms with Gasteiger partial charge in [0, 0.05) is 17.8 Å². The summed E-state index contributed by atoms with van der Waals surface area (Å²) in [5.74, 6) is 0.741. The van der Waals surface area contributed by atoms with Crippen molar-refractivity contribution in [3.63, 3.8) is 0 Å². The number of hydrogen-bond donors (Lipinski definition) is 2. The second-order valence-corrected chi connectivity index (χ2v) is 5.65. The Kier molecular flexibility index (Phi) is 3.39. The number of aromatic nitrogens is 1. The minimum absolute atomic E-state index is 0.185. The van der Waals surface area contributed by atoms with E-state index in [0.717, 1.165) is 37.9 Å². The van der Waals surface area contributed by atoms with Crippen LogP contribution in [0.25, 0.3) is 0 Å². The Morgan fingerprint density at radius 3 is 2.84 bits per heavy atom. The van der Waals surface area contributed by atoms with Crippen LogP contribution >= 0.6 is 0 Å². The molecule has 4 heteroatoms. The first kappa shape index (κ1) is 12.4. The lowest BCUT2D eigenvalue weighted by Gasteiger charge is -2.21. The normalized spacial score (nSPS) is 25.7. The second-order valence-electron chi connectivity index (χ2n) is 5.65. The molecule has 1 aromatic heterocycles. The molecular weight excluding hydrogens is 236 g/mol. The summed E-state index contributed by atoms with van der Waals surface area (Å²) in [6, 6.07) is 4.74. The highest BCUT2D eigenvalue weighted by Gasteiger charge is 2.25. The lowest BCUT2D eigenvalue weighted by molar-refractivity contribution is 0.631. The molecule has 0 aliphatic heterocycles. The van der Waals surface area contributed by atoms with Crippen molar-refractivity contribution < 1.29 is 0 Å². The molecule has 0 radical (unpaired) electrons. The Balaban J connectivity index is 1.89. The van der Waals surface area contributed by atoms with Gasteiger partial charge in [-0.25, -0.2) is 4.98 Å². The van der Waals surface area contributed by atoms with Gasteiger partial charge in [-0.15, -0.1) is 0 Å². The molecule has 0 amide bonds. The molecule has 2 atom stereocenters. The lowest BCUT2D eigenvalue weighted by atomic mass is 9.95. The highest BCUT2D eigenvalue weighted by molar-refractivity contribution is 5.55. The minimum atomic E-state index is 0.185. The van der Waals surface area contributed by atoms with Crippen molar-refractivity contribution in [2.45, 2.75) is 57.0 Å². The van der Waals surface area contributed by atoms with Crippen LogP contribution in [0.2, 0.25) is 0 Å². The second kappa shape index (κ2) is 5.18. The van der Waals surface area contributed by atoms with Crippen LogP contribution in [0.1, 0.15) is 48.9 Å². The zero-order valence-corrected chi connectivity index (χ0v) is 11.2. The number of nitrogens with zero attached hydrogens (tertiary/aromatic N) is 2. The monoisotopic (exact) mass is 256 g/mol. The molecular formula is C15H20N4. The lowest BCUT2D eigenvalue weighted by Crippen LogP contribution is -2.35. The van der Waals surface area contributed by atoms with Crippen molar-refractivity contribution in [3.05, 3.63) is 22.9 Å². The van der Waals surface area contributed by atoms with Gasteiger partial charge in [0.2, 0.25) is 0 Å². The summed E-state index contributed by atoms with van der Waals surface area (Å²) in [4.78, 5) is 4.69. The first-order valence-corrected chi connectivity index (χ1v) is 7.23. The summed E-state index contributed by atoms with van der Waals surface area (Å²) in [5, 5.41) is 12.7. The third kappa shape index (κ3) is 2.43. The van der Waals surface area contributed by atoms with E-state index in [4.69, 9.17) is 10.7 Å². The topological polar surface area (TPSA) is 74.7 Å². The quantitative estimate of drug-likeness (QED) is 0.850. The molecule has 1 heterocycles. The van der Waals surface area contributed by atoms with E-state index in [2.05, 4.69) is 11.4 Å². The number of rotatable bonds is 2. The van der Waals surface area contributed by atoms with E-state index < -0.39 is 0 Å². The van der Waals surface area contributed by atoms with Gasteiger partial charge < -0.3 is 11.1 Å². The van der Waals surface area contributed by atoms with E-state index >= 15 is 0 Å². The van der Waals surface area contributed by atoms with Crippen molar-refractivity contribution in [3.8, 4) is 6.07 Å². The summed E-state index contributed by atoms with van der Waals surface area (Å²) >= 11 is 0. The largest absolute Gasteiger partial charge is 0.365 e. The highest BCUT2D eigenvalue weighted by Crippen LogP contribution is 2.27. The third-order valence-corrected chi connectivity index (χ3v) is 4.31. The molecule has 4 nitrogen and oxygen atoms in total. The van der Waals surface area contributed by atoms with E-state index in [0.29, 0.717) is 5.56 Å². The van der Waals surface area contributed by atoms with E-state index in [9.17, 15) is 5.26 Å². The van der Waals surface area contributed by atoms with Crippen LogP contribution in [0, 0.1) is 11.3 Å². The molecule has 3 rings (SSSR count). The van der Waals surface area contributed by atoms with E-state index in [-0.39, 0.29) is 12.1 Å². The van der Waals surface area contributed by atoms with Crippen LogP contribution in [0.15, 0.2) is 6.07 Å². The Labute approximate surface area is 114 Å². The number of fused-ring (bicyclic) bond motifs is 1. The summed E-state index contributed by atoms with van der Waals surface area (Å²) in [6.45, 7) is 0. The van der Waals surface area contributed by atoms with Crippen LogP contribution in [0.3, 0.4) is 0 Å². The molecule has 0 saturated heterocycles. The van der Waals surface area contributed by atoms with Crippen LogP contribution in [-0.2, 0) is 12.8 Å². The molecule has 1 fully saturated rings. The van der Waals surface area contributed by atoms with Gasteiger partial charge in [0.25, 0.3) is 0 Å². The molecule has 100 valence electrons. The Hall–Kier alpha value is -1.60. The van der Waals surface area contributed by atoms with Crippen LogP contribution in [0.5, 0.6) is 0 Å². The van der Waals surface area contributed by atoms with Crippen molar-refractivity contribution in [1.82, 2.24) is 4.98 Å². The summed E-state index contributed by atoms with van der Waals surface area (Å²) in [7, 11) is 0. The fraction of sp³-hybridized carbons (Fsp3) is 0.600. The molecule has 19 heavy (non-hydrogen) atoms. The van der Waals surface area contributed by atoms with Gasteiger partial charge >= 0.3 is 0 Å². The Bertz CT molecular complexity index is 518. The molecule has 0 aromatic carbocycles. The predicted molar refractivity (Wildman–Crippen MR) is 74.8 cm³/mol. The molecule has 3 N–H and O–H groups in total. The maximum absolute atomic E-state index is 9.30. The number of nitriles is 1. The zero-order chi connectivity index (χ0) is 13.2. The number of pyridine rings is 1. The fourth-order valence-corrected chi connectivity index (χ4v) is 3.17. The van der Waals surface area contributed by atoms with Gasteiger partial charge in [0.1, 0.15) is 11.9 Å².